The van der Waals surface area contributed by atoms with E-state index in [0.717, 1.165) is 0 Å². The molecule has 0 aliphatic carbocycles. The second-order valence-electron chi connectivity index (χ2n) is 2.86. The summed E-state index contributed by atoms with van der Waals surface area (Å²) in [7, 11) is -4.43. The monoisotopic (exact) mass is 216 g/mol. The largest absolute Gasteiger partial charge is 0.302 e. The minimum absolute atomic E-state index is 0.0838. The number of benzene rings is 1. The highest BCUT2D eigenvalue weighted by Gasteiger charge is 2.07. The van der Waals surface area contributed by atoms with E-state index < -0.39 is 16.0 Å². The number of hydrogen-bond acceptors (Lipinski definition) is 3. The number of halogens is 1. The van der Waals surface area contributed by atoms with Crippen LogP contribution in [-0.2, 0) is 16.6 Å². The molecule has 1 rings (SSSR count). The van der Waals surface area contributed by atoms with Crippen molar-refractivity contribution in [1.82, 2.24) is 0 Å². The molecule has 0 aliphatic heterocycles. The second kappa shape index (κ2) is 4.32. The summed E-state index contributed by atoms with van der Waals surface area (Å²) in [5.41, 5.74) is 1.09. The van der Waals surface area contributed by atoms with Crippen molar-refractivity contribution in [2.75, 3.05) is 5.75 Å². The molecule has 0 saturated carbocycles. The number of carbonyl (C=O) groups excluding carboxylic acids is 1. The minimum atomic E-state index is -4.43. The Labute approximate surface area is 81.8 Å². The lowest BCUT2D eigenvalue weighted by molar-refractivity contribution is 0.112. The van der Waals surface area contributed by atoms with Gasteiger partial charge in [-0.15, -0.1) is 3.89 Å². The second-order valence-corrected chi connectivity index (χ2v) is 4.34. The highest BCUT2D eigenvalue weighted by Crippen LogP contribution is 2.06. The molecule has 0 radical (unpaired) electrons. The Morgan fingerprint density at radius 2 is 2.07 bits per heavy atom. The molecule has 0 atom stereocenters. The van der Waals surface area contributed by atoms with E-state index in [-0.39, 0.29) is 6.42 Å². The van der Waals surface area contributed by atoms with E-state index >= 15 is 0 Å². The van der Waals surface area contributed by atoms with Gasteiger partial charge in [0.15, 0.2) is 0 Å². The number of aldehydes is 1. The van der Waals surface area contributed by atoms with Gasteiger partial charge in [0.05, 0.1) is 5.75 Å². The summed E-state index contributed by atoms with van der Waals surface area (Å²) in [6.45, 7) is 0. The first-order chi connectivity index (χ1) is 6.51. The van der Waals surface area contributed by atoms with Gasteiger partial charge in [0.1, 0.15) is 6.29 Å². The highest BCUT2D eigenvalue weighted by atomic mass is 32.3. The lowest BCUT2D eigenvalue weighted by Crippen LogP contribution is -2.02. The van der Waals surface area contributed by atoms with E-state index in [1.807, 2.05) is 0 Å². The maximum absolute atomic E-state index is 12.2. The van der Waals surface area contributed by atoms with Gasteiger partial charge in [0, 0.05) is 5.56 Å². The fourth-order valence-corrected chi connectivity index (χ4v) is 1.54. The van der Waals surface area contributed by atoms with Crippen LogP contribution in [-0.4, -0.2) is 20.5 Å². The van der Waals surface area contributed by atoms with Gasteiger partial charge in [-0.3, -0.25) is 4.79 Å². The average Bonchev–Trinajstić information content (AvgIpc) is 2.14. The van der Waals surface area contributed by atoms with Crippen LogP contribution in [0.4, 0.5) is 3.89 Å². The van der Waals surface area contributed by atoms with Gasteiger partial charge in [-0.25, -0.2) is 0 Å². The van der Waals surface area contributed by atoms with Gasteiger partial charge in [0.25, 0.3) is 0 Å². The molecule has 3 nitrogen and oxygen atoms in total. The van der Waals surface area contributed by atoms with Crippen LogP contribution in [0.5, 0.6) is 0 Å². The maximum Gasteiger partial charge on any atom is 0.302 e. The van der Waals surface area contributed by atoms with Crippen LogP contribution in [0.25, 0.3) is 0 Å². The maximum atomic E-state index is 12.2. The zero-order valence-electron chi connectivity index (χ0n) is 7.31. The molecule has 0 N–H and O–H groups in total. The average molecular weight is 216 g/mol. The predicted molar refractivity (Wildman–Crippen MR) is 50.4 cm³/mol. The molecule has 0 aliphatic rings. The molecule has 76 valence electrons. The Bertz CT molecular complexity index is 425. The smallest absolute Gasteiger partial charge is 0.298 e. The van der Waals surface area contributed by atoms with Crippen molar-refractivity contribution in [3.63, 3.8) is 0 Å². The molecule has 0 heterocycles. The van der Waals surface area contributed by atoms with Gasteiger partial charge < -0.3 is 0 Å². The van der Waals surface area contributed by atoms with Gasteiger partial charge in [0.2, 0.25) is 0 Å². The Morgan fingerprint density at radius 3 is 2.64 bits per heavy atom. The third-order valence-electron chi connectivity index (χ3n) is 1.72. The summed E-state index contributed by atoms with van der Waals surface area (Å²) in [4.78, 5) is 10.4. The first-order valence-electron chi connectivity index (χ1n) is 3.98. The molecular weight excluding hydrogens is 207 g/mol. The van der Waals surface area contributed by atoms with Crippen LogP contribution in [0.2, 0.25) is 0 Å². The molecule has 0 unspecified atom stereocenters. The van der Waals surface area contributed by atoms with Crippen molar-refractivity contribution >= 4 is 16.5 Å². The van der Waals surface area contributed by atoms with Gasteiger partial charge >= 0.3 is 10.2 Å². The summed E-state index contributed by atoms with van der Waals surface area (Å²) in [5, 5.41) is 0. The molecule has 0 saturated heterocycles. The van der Waals surface area contributed by atoms with Crippen molar-refractivity contribution in [3.8, 4) is 0 Å². The summed E-state index contributed by atoms with van der Waals surface area (Å²) < 4.78 is 32.6. The number of hydrogen-bond donors (Lipinski definition) is 0. The van der Waals surface area contributed by atoms with E-state index in [1.165, 1.54) is 6.07 Å². The van der Waals surface area contributed by atoms with Crippen LogP contribution >= 0.6 is 0 Å². The molecular formula is C9H9FO3S. The molecule has 0 amide bonds. The fraction of sp³-hybridized carbons (Fsp3) is 0.222. The van der Waals surface area contributed by atoms with Crippen LogP contribution in [0.3, 0.4) is 0 Å². The molecule has 0 bridgehead atoms. The molecule has 0 aromatic heterocycles. The molecule has 1 aromatic carbocycles. The van der Waals surface area contributed by atoms with Crippen LogP contribution in [0, 0.1) is 0 Å². The zero-order valence-corrected chi connectivity index (χ0v) is 8.13. The molecule has 0 spiro atoms. The standard InChI is InChI=1S/C9H9FO3S/c10-14(12,13)5-4-8-2-1-3-9(6-8)7-11/h1-3,6-7H,4-5H2. The van der Waals surface area contributed by atoms with Crippen LogP contribution in [0.15, 0.2) is 24.3 Å². The molecule has 1 aromatic rings. The van der Waals surface area contributed by atoms with E-state index in [4.69, 9.17) is 0 Å². The summed E-state index contributed by atoms with van der Waals surface area (Å²) in [5.74, 6) is -0.546. The first kappa shape index (κ1) is 10.8. The van der Waals surface area contributed by atoms with Crippen LogP contribution in [0.1, 0.15) is 15.9 Å². The molecule has 5 heteroatoms. The Kier molecular flexibility index (Phi) is 3.35. The summed E-state index contributed by atoms with van der Waals surface area (Å²) in [6, 6.07) is 6.42. The topological polar surface area (TPSA) is 51.2 Å². The van der Waals surface area contributed by atoms with Crippen LogP contribution < -0.4 is 0 Å². The van der Waals surface area contributed by atoms with E-state index in [1.54, 1.807) is 18.2 Å². The van der Waals surface area contributed by atoms with E-state index in [9.17, 15) is 17.1 Å². The SMILES string of the molecule is O=Cc1cccc(CCS(=O)(=O)F)c1. The van der Waals surface area contributed by atoms with Crippen molar-refractivity contribution < 1.29 is 17.1 Å². The Balaban J connectivity index is 2.72. The summed E-state index contributed by atoms with van der Waals surface area (Å²) >= 11 is 0. The zero-order chi connectivity index (χ0) is 10.6. The third kappa shape index (κ3) is 3.66. The van der Waals surface area contributed by atoms with Gasteiger partial charge in [-0.05, 0) is 18.1 Å². The Morgan fingerprint density at radius 1 is 1.36 bits per heavy atom. The normalized spacial score (nSPS) is 11.2. The lowest BCUT2D eigenvalue weighted by Gasteiger charge is -1.98. The number of aryl methyl sites for hydroxylation is 1. The van der Waals surface area contributed by atoms with Crippen molar-refractivity contribution in [2.45, 2.75) is 6.42 Å². The molecule has 0 fully saturated rings. The predicted octanol–water partition coefficient (Wildman–Crippen LogP) is 1.34. The van der Waals surface area contributed by atoms with E-state index in [0.29, 0.717) is 17.4 Å². The quantitative estimate of drug-likeness (QED) is 0.563. The van der Waals surface area contributed by atoms with E-state index in [2.05, 4.69) is 0 Å². The van der Waals surface area contributed by atoms with Gasteiger partial charge in [-0.2, -0.15) is 8.42 Å². The number of carbonyl (C=O) groups is 1. The molecule has 14 heavy (non-hydrogen) atoms. The fourth-order valence-electron chi connectivity index (χ4n) is 1.06. The third-order valence-corrected chi connectivity index (χ3v) is 2.41. The van der Waals surface area contributed by atoms with Gasteiger partial charge in [-0.1, -0.05) is 18.2 Å². The Hall–Kier alpha value is -1.23. The lowest BCUT2D eigenvalue weighted by atomic mass is 10.1. The number of rotatable bonds is 4. The van der Waals surface area contributed by atoms with Crippen molar-refractivity contribution in [3.05, 3.63) is 35.4 Å². The minimum Gasteiger partial charge on any atom is -0.298 e. The highest BCUT2D eigenvalue weighted by molar-refractivity contribution is 7.86. The summed E-state index contributed by atoms with van der Waals surface area (Å²) in [6.07, 6.45) is 0.744. The first-order valence-corrected chi connectivity index (χ1v) is 5.53. The van der Waals surface area contributed by atoms with Crippen molar-refractivity contribution in [1.29, 1.82) is 0 Å². The van der Waals surface area contributed by atoms with Crippen molar-refractivity contribution in [2.24, 2.45) is 0 Å².